The summed E-state index contributed by atoms with van der Waals surface area (Å²) in [7, 11) is 0. The number of aromatic nitrogens is 1. The maximum Gasteiger partial charge on any atom is 0.241 e. The number of amides is 2. The summed E-state index contributed by atoms with van der Waals surface area (Å²) in [5.74, 6) is -0.444. The van der Waals surface area contributed by atoms with Crippen molar-refractivity contribution in [3.63, 3.8) is 0 Å². The smallest absolute Gasteiger partial charge is 0.241 e. The highest BCUT2D eigenvalue weighted by molar-refractivity contribution is 5.95. The van der Waals surface area contributed by atoms with E-state index in [-0.39, 0.29) is 24.4 Å². The predicted molar refractivity (Wildman–Crippen MR) is 80.9 cm³/mol. The van der Waals surface area contributed by atoms with E-state index in [4.69, 9.17) is 5.73 Å². The van der Waals surface area contributed by atoms with E-state index >= 15 is 0 Å². The van der Waals surface area contributed by atoms with Crippen molar-refractivity contribution in [2.75, 3.05) is 31.1 Å². The molecule has 2 rings (SSSR count). The van der Waals surface area contributed by atoms with Crippen LogP contribution in [-0.2, 0) is 15.0 Å². The fourth-order valence-electron chi connectivity index (χ4n) is 2.34. The third-order valence-corrected chi connectivity index (χ3v) is 3.51. The second-order valence-electron chi connectivity index (χ2n) is 6.37. The van der Waals surface area contributed by atoms with Gasteiger partial charge in [-0.1, -0.05) is 20.8 Å². The largest absolute Gasteiger partial charge is 0.369 e. The molecule has 1 aliphatic rings. The Morgan fingerprint density at radius 3 is 2.52 bits per heavy atom. The van der Waals surface area contributed by atoms with Crippen LogP contribution in [0.3, 0.4) is 0 Å². The molecule has 0 atom stereocenters. The normalized spacial score (nSPS) is 17.1. The third-order valence-electron chi connectivity index (χ3n) is 3.51. The lowest BCUT2D eigenvalue weighted by molar-refractivity contribution is -0.123. The van der Waals surface area contributed by atoms with Gasteiger partial charge in [0.1, 0.15) is 0 Å². The van der Waals surface area contributed by atoms with Crippen LogP contribution in [0.2, 0.25) is 0 Å². The molecule has 2 amide bonds. The average Bonchev–Trinajstić information content (AvgIpc) is 2.37. The molecule has 1 aromatic heterocycles. The minimum atomic E-state index is -0.410. The first-order valence-electron chi connectivity index (χ1n) is 7.05. The Morgan fingerprint density at radius 1 is 1.33 bits per heavy atom. The van der Waals surface area contributed by atoms with E-state index in [2.05, 4.69) is 25.8 Å². The van der Waals surface area contributed by atoms with Gasteiger partial charge in [0.05, 0.1) is 25.0 Å². The first kappa shape index (κ1) is 15.4. The number of primary amides is 1. The minimum Gasteiger partial charge on any atom is -0.369 e. The molecule has 0 radical (unpaired) electrons. The average molecular weight is 290 g/mol. The van der Waals surface area contributed by atoms with Gasteiger partial charge in [-0.3, -0.25) is 19.5 Å². The molecule has 0 unspecified atom stereocenters. The summed E-state index contributed by atoms with van der Waals surface area (Å²) in [6.45, 7) is 7.82. The third kappa shape index (κ3) is 3.78. The van der Waals surface area contributed by atoms with Crippen molar-refractivity contribution in [3.8, 4) is 0 Å². The molecular formula is C15H22N4O2. The van der Waals surface area contributed by atoms with Crippen molar-refractivity contribution in [2.24, 2.45) is 5.73 Å². The van der Waals surface area contributed by atoms with E-state index in [1.807, 2.05) is 12.1 Å². The van der Waals surface area contributed by atoms with Crippen molar-refractivity contribution >= 4 is 17.5 Å². The SMILES string of the molecule is CC(C)(C)c1ccc(N2CCN(CC(N)=O)CC2=O)cn1. The van der Waals surface area contributed by atoms with Gasteiger partial charge < -0.3 is 10.6 Å². The zero-order chi connectivity index (χ0) is 15.6. The standard InChI is InChI=1S/C15H22N4O2/c1-15(2,3)12-5-4-11(8-17-12)19-7-6-18(9-13(16)20)10-14(19)21/h4-5,8H,6-7,9-10H2,1-3H3,(H2,16,20). The molecule has 0 bridgehead atoms. The Hall–Kier alpha value is -1.95. The maximum atomic E-state index is 12.2. The van der Waals surface area contributed by atoms with Gasteiger partial charge in [0.15, 0.2) is 0 Å². The number of rotatable bonds is 3. The van der Waals surface area contributed by atoms with E-state index in [1.54, 1.807) is 16.0 Å². The summed E-state index contributed by atoms with van der Waals surface area (Å²) < 4.78 is 0. The van der Waals surface area contributed by atoms with E-state index in [9.17, 15) is 9.59 Å². The fraction of sp³-hybridized carbons (Fsp3) is 0.533. The molecule has 6 heteroatoms. The first-order valence-corrected chi connectivity index (χ1v) is 7.05. The lowest BCUT2D eigenvalue weighted by Gasteiger charge is -2.33. The second kappa shape index (κ2) is 5.81. The number of nitrogens with two attached hydrogens (primary N) is 1. The van der Waals surface area contributed by atoms with Crippen molar-refractivity contribution < 1.29 is 9.59 Å². The highest BCUT2D eigenvalue weighted by atomic mass is 16.2. The Labute approximate surface area is 124 Å². The van der Waals surface area contributed by atoms with E-state index in [1.165, 1.54) is 0 Å². The van der Waals surface area contributed by atoms with Crippen LogP contribution in [0.25, 0.3) is 0 Å². The molecule has 1 saturated heterocycles. The van der Waals surface area contributed by atoms with Crippen molar-refractivity contribution in [1.82, 2.24) is 9.88 Å². The predicted octanol–water partition coefficient (Wildman–Crippen LogP) is 0.513. The minimum absolute atomic E-state index is 0.0112. The van der Waals surface area contributed by atoms with Gasteiger partial charge in [-0.05, 0) is 12.1 Å². The summed E-state index contributed by atoms with van der Waals surface area (Å²) in [4.78, 5) is 31.0. The summed E-state index contributed by atoms with van der Waals surface area (Å²) in [6, 6.07) is 3.88. The zero-order valence-electron chi connectivity index (χ0n) is 12.8. The quantitative estimate of drug-likeness (QED) is 0.880. The summed E-state index contributed by atoms with van der Waals surface area (Å²) in [6.07, 6.45) is 1.74. The first-order chi connectivity index (χ1) is 9.77. The topological polar surface area (TPSA) is 79.5 Å². The van der Waals surface area contributed by atoms with Gasteiger partial charge in [-0.25, -0.2) is 0 Å². The molecule has 0 saturated carbocycles. The van der Waals surface area contributed by atoms with Crippen LogP contribution in [0.4, 0.5) is 5.69 Å². The molecule has 0 spiro atoms. The zero-order valence-corrected chi connectivity index (χ0v) is 12.8. The van der Waals surface area contributed by atoms with Crippen LogP contribution in [0, 0.1) is 0 Å². The molecule has 2 heterocycles. The Morgan fingerprint density at radius 2 is 2.05 bits per heavy atom. The van der Waals surface area contributed by atoms with Crippen molar-refractivity contribution in [2.45, 2.75) is 26.2 Å². The van der Waals surface area contributed by atoms with Crippen molar-refractivity contribution in [3.05, 3.63) is 24.0 Å². The Bertz CT molecular complexity index is 534. The van der Waals surface area contributed by atoms with Crippen LogP contribution in [-0.4, -0.2) is 47.9 Å². The van der Waals surface area contributed by atoms with Crippen molar-refractivity contribution in [1.29, 1.82) is 0 Å². The summed E-state index contributed by atoms with van der Waals surface area (Å²) >= 11 is 0. The molecule has 1 aromatic rings. The number of hydrogen-bond donors (Lipinski definition) is 1. The summed E-state index contributed by atoms with van der Waals surface area (Å²) in [5.41, 5.74) is 6.93. The number of nitrogens with zero attached hydrogens (tertiary/aromatic N) is 3. The van der Waals surface area contributed by atoms with Crippen LogP contribution >= 0.6 is 0 Å². The van der Waals surface area contributed by atoms with Crippen LogP contribution < -0.4 is 10.6 Å². The molecule has 6 nitrogen and oxygen atoms in total. The number of pyridine rings is 1. The second-order valence-corrected chi connectivity index (χ2v) is 6.37. The van der Waals surface area contributed by atoms with E-state index < -0.39 is 5.91 Å². The lowest BCUT2D eigenvalue weighted by Crippen LogP contribution is -2.52. The molecule has 1 aliphatic heterocycles. The van der Waals surface area contributed by atoms with E-state index in [0.29, 0.717) is 13.1 Å². The number of piperazine rings is 1. The fourth-order valence-corrected chi connectivity index (χ4v) is 2.34. The molecule has 1 fully saturated rings. The van der Waals surface area contributed by atoms with Crippen LogP contribution in [0.5, 0.6) is 0 Å². The monoisotopic (exact) mass is 290 g/mol. The van der Waals surface area contributed by atoms with Gasteiger partial charge in [-0.15, -0.1) is 0 Å². The lowest BCUT2D eigenvalue weighted by atomic mass is 9.92. The van der Waals surface area contributed by atoms with Crippen LogP contribution in [0.1, 0.15) is 26.5 Å². The molecular weight excluding hydrogens is 268 g/mol. The van der Waals surface area contributed by atoms with Crippen LogP contribution in [0.15, 0.2) is 18.3 Å². The molecule has 114 valence electrons. The van der Waals surface area contributed by atoms with Gasteiger partial charge in [0, 0.05) is 24.2 Å². The Kier molecular flexibility index (Phi) is 4.27. The molecule has 0 aromatic carbocycles. The number of anilines is 1. The van der Waals surface area contributed by atoms with Gasteiger partial charge in [0.2, 0.25) is 11.8 Å². The highest BCUT2D eigenvalue weighted by Crippen LogP contribution is 2.23. The highest BCUT2D eigenvalue weighted by Gasteiger charge is 2.26. The van der Waals surface area contributed by atoms with E-state index in [0.717, 1.165) is 11.4 Å². The maximum absolute atomic E-state index is 12.2. The Balaban J connectivity index is 2.06. The molecule has 0 aliphatic carbocycles. The van der Waals surface area contributed by atoms with Gasteiger partial charge in [0.25, 0.3) is 0 Å². The van der Waals surface area contributed by atoms with Gasteiger partial charge >= 0.3 is 0 Å². The summed E-state index contributed by atoms with van der Waals surface area (Å²) in [5, 5.41) is 0. The molecule has 2 N–H and O–H groups in total. The number of carbonyl (C=O) groups is 2. The number of hydrogen-bond acceptors (Lipinski definition) is 4. The molecule has 21 heavy (non-hydrogen) atoms. The van der Waals surface area contributed by atoms with Gasteiger partial charge in [-0.2, -0.15) is 0 Å². The number of carbonyl (C=O) groups excluding carboxylic acids is 2.